The summed E-state index contributed by atoms with van der Waals surface area (Å²) in [5, 5.41) is 0.235. The van der Waals surface area contributed by atoms with E-state index in [-0.39, 0.29) is 21.8 Å². The van der Waals surface area contributed by atoms with Crippen LogP contribution in [0, 0.1) is 11.6 Å². The molecule has 1 aromatic carbocycles. The molecule has 0 radical (unpaired) electrons. The highest BCUT2D eigenvalue weighted by atomic mass is 35.5. The van der Waals surface area contributed by atoms with Gasteiger partial charge in [0.1, 0.15) is 16.4 Å². The maximum absolute atomic E-state index is 15.0. The van der Waals surface area contributed by atoms with E-state index in [1.54, 1.807) is 18.3 Å². The van der Waals surface area contributed by atoms with Gasteiger partial charge in [-0.15, -0.1) is 0 Å². The third kappa shape index (κ3) is 2.88. The first-order valence-electron chi connectivity index (χ1n) is 7.28. The molecule has 0 unspecified atom stereocenters. The van der Waals surface area contributed by atoms with Gasteiger partial charge in [0.15, 0.2) is 23.7 Å². The second kappa shape index (κ2) is 7.09. The van der Waals surface area contributed by atoms with Crippen molar-refractivity contribution in [3.8, 4) is 11.3 Å². The van der Waals surface area contributed by atoms with Crippen molar-refractivity contribution < 1.29 is 23.0 Å². The summed E-state index contributed by atoms with van der Waals surface area (Å²) in [4.78, 5) is 22.3. The number of hydrogen-bond donors (Lipinski definition) is 1. The second-order valence-corrected chi connectivity index (χ2v) is 5.49. The van der Waals surface area contributed by atoms with Crippen LogP contribution in [0.4, 0.5) is 14.5 Å². The van der Waals surface area contributed by atoms with Crippen molar-refractivity contribution in [2.75, 3.05) is 14.2 Å². The smallest absolute Gasteiger partial charge is 0.358 e. The lowest BCUT2D eigenvalue weighted by Gasteiger charge is -2.11. The Labute approximate surface area is 151 Å². The molecule has 3 rings (SSSR count). The Morgan fingerprint density at radius 3 is 2.73 bits per heavy atom. The number of H-pyrrole nitrogens is 1. The Balaban J connectivity index is 2.33. The Kier molecular flexibility index (Phi) is 4.85. The minimum absolute atomic E-state index is 0.159. The van der Waals surface area contributed by atoms with Crippen molar-refractivity contribution >= 4 is 40.6 Å². The summed E-state index contributed by atoms with van der Waals surface area (Å²) in [5.74, 6) is -2.63. The molecule has 26 heavy (non-hydrogen) atoms. The lowest BCUT2D eigenvalue weighted by Crippen LogP contribution is -2.08. The van der Waals surface area contributed by atoms with Crippen LogP contribution in [0.3, 0.4) is 0 Å². The first-order chi connectivity index (χ1) is 12.5. The number of ether oxygens (including phenoxy) is 2. The van der Waals surface area contributed by atoms with Crippen molar-refractivity contribution in [1.82, 2.24) is 9.97 Å². The standard InChI is InChI=1S/C17H12ClF2N3O3/c1-25-7-22-15-10(18)16(17(24)26-2)23-14(12(15)20)9-4-3-8-5-6-21-13(8)11(9)19/h3-7,21H,1-2H3. The molecular weight excluding hydrogens is 368 g/mol. The van der Waals surface area contributed by atoms with Crippen LogP contribution < -0.4 is 0 Å². The van der Waals surface area contributed by atoms with Gasteiger partial charge in [0.25, 0.3) is 0 Å². The number of aromatic nitrogens is 2. The summed E-state index contributed by atoms with van der Waals surface area (Å²) < 4.78 is 39.0. The molecule has 3 aromatic rings. The number of hydrogen-bond acceptors (Lipinski definition) is 5. The van der Waals surface area contributed by atoms with E-state index in [0.717, 1.165) is 13.5 Å². The molecule has 0 spiro atoms. The molecule has 6 nitrogen and oxygen atoms in total. The predicted octanol–water partition coefficient (Wildman–Crippen LogP) is 4.25. The van der Waals surface area contributed by atoms with Crippen LogP contribution in [-0.4, -0.2) is 36.6 Å². The number of aromatic amines is 1. The van der Waals surface area contributed by atoms with Crippen LogP contribution >= 0.6 is 11.6 Å². The normalized spacial score (nSPS) is 11.3. The summed E-state index contributed by atoms with van der Waals surface area (Å²) in [6.07, 6.45) is 2.48. The minimum Gasteiger partial charge on any atom is -0.486 e. The lowest BCUT2D eigenvalue weighted by atomic mass is 10.1. The van der Waals surface area contributed by atoms with Gasteiger partial charge < -0.3 is 14.5 Å². The largest absolute Gasteiger partial charge is 0.486 e. The summed E-state index contributed by atoms with van der Waals surface area (Å²) in [5.41, 5.74) is -1.20. The summed E-state index contributed by atoms with van der Waals surface area (Å²) in [6, 6.07) is 4.62. The molecule has 0 amide bonds. The number of fused-ring (bicyclic) bond motifs is 1. The van der Waals surface area contributed by atoms with Crippen molar-refractivity contribution in [1.29, 1.82) is 0 Å². The first kappa shape index (κ1) is 17.8. The summed E-state index contributed by atoms with van der Waals surface area (Å²) >= 11 is 6.03. The highest BCUT2D eigenvalue weighted by Crippen LogP contribution is 2.38. The third-order valence-corrected chi connectivity index (χ3v) is 4.00. The van der Waals surface area contributed by atoms with Crippen LogP contribution in [0.1, 0.15) is 10.5 Å². The summed E-state index contributed by atoms with van der Waals surface area (Å²) in [7, 11) is 2.42. The highest BCUT2D eigenvalue weighted by Gasteiger charge is 2.26. The third-order valence-electron chi connectivity index (χ3n) is 3.64. The maximum atomic E-state index is 15.0. The van der Waals surface area contributed by atoms with Gasteiger partial charge in [-0.25, -0.2) is 23.6 Å². The molecule has 0 aliphatic heterocycles. The number of nitrogens with one attached hydrogen (secondary N) is 1. The Morgan fingerprint density at radius 2 is 2.04 bits per heavy atom. The quantitative estimate of drug-likeness (QED) is 0.417. The van der Waals surface area contributed by atoms with E-state index in [0.29, 0.717) is 5.39 Å². The van der Waals surface area contributed by atoms with Crippen LogP contribution in [0.25, 0.3) is 22.2 Å². The van der Waals surface area contributed by atoms with E-state index in [4.69, 9.17) is 11.6 Å². The molecule has 2 aromatic heterocycles. The molecule has 0 saturated heterocycles. The van der Waals surface area contributed by atoms with E-state index >= 15 is 0 Å². The monoisotopic (exact) mass is 379 g/mol. The van der Waals surface area contributed by atoms with E-state index in [9.17, 15) is 13.6 Å². The number of halogens is 3. The number of carbonyl (C=O) groups excluding carboxylic acids is 1. The zero-order valence-corrected chi connectivity index (χ0v) is 14.4. The number of pyridine rings is 1. The van der Waals surface area contributed by atoms with E-state index in [1.165, 1.54) is 13.2 Å². The topological polar surface area (TPSA) is 76.6 Å². The van der Waals surface area contributed by atoms with Gasteiger partial charge in [-0.05, 0) is 12.1 Å². The maximum Gasteiger partial charge on any atom is 0.358 e. The van der Waals surface area contributed by atoms with E-state index < -0.39 is 29.0 Å². The molecule has 0 bridgehead atoms. The number of esters is 1. The Hall–Kier alpha value is -3.00. The van der Waals surface area contributed by atoms with Crippen molar-refractivity contribution in [3.63, 3.8) is 0 Å². The van der Waals surface area contributed by atoms with Crippen molar-refractivity contribution in [3.05, 3.63) is 46.7 Å². The molecule has 0 saturated carbocycles. The zero-order chi connectivity index (χ0) is 18.8. The molecule has 134 valence electrons. The molecular formula is C17H12ClF2N3O3. The zero-order valence-electron chi connectivity index (χ0n) is 13.6. The van der Waals surface area contributed by atoms with Crippen LogP contribution in [-0.2, 0) is 9.47 Å². The SMILES string of the molecule is COC=Nc1c(F)c(-c2ccc3cc[nH]c3c2F)nc(C(=O)OC)c1Cl. The van der Waals surface area contributed by atoms with Gasteiger partial charge in [0.2, 0.25) is 0 Å². The molecule has 0 aliphatic rings. The molecule has 0 atom stereocenters. The number of nitrogens with zero attached hydrogens (tertiary/aromatic N) is 2. The first-order valence-corrected chi connectivity index (χ1v) is 7.66. The molecule has 9 heteroatoms. The fourth-order valence-electron chi connectivity index (χ4n) is 2.43. The molecule has 0 fully saturated rings. The van der Waals surface area contributed by atoms with Gasteiger partial charge in [0, 0.05) is 17.1 Å². The Morgan fingerprint density at radius 1 is 1.27 bits per heavy atom. The number of aliphatic imine (C=N–C) groups is 1. The van der Waals surface area contributed by atoms with Crippen LogP contribution in [0.15, 0.2) is 29.4 Å². The van der Waals surface area contributed by atoms with Gasteiger partial charge in [-0.1, -0.05) is 17.7 Å². The average Bonchev–Trinajstić information content (AvgIpc) is 3.12. The summed E-state index contributed by atoms with van der Waals surface area (Å²) in [6.45, 7) is 0. The van der Waals surface area contributed by atoms with E-state index in [1.807, 2.05) is 0 Å². The number of methoxy groups -OCH3 is 2. The predicted molar refractivity (Wildman–Crippen MR) is 93.0 cm³/mol. The van der Waals surface area contributed by atoms with Crippen molar-refractivity contribution in [2.24, 2.45) is 4.99 Å². The van der Waals surface area contributed by atoms with Gasteiger partial charge in [-0.3, -0.25) is 0 Å². The van der Waals surface area contributed by atoms with Gasteiger partial charge >= 0.3 is 5.97 Å². The average molecular weight is 380 g/mol. The molecule has 2 heterocycles. The van der Waals surface area contributed by atoms with Gasteiger partial charge in [0.05, 0.1) is 19.7 Å². The number of benzene rings is 1. The minimum atomic E-state index is -0.999. The van der Waals surface area contributed by atoms with Gasteiger partial charge in [-0.2, -0.15) is 0 Å². The molecule has 1 N–H and O–H groups in total. The number of rotatable bonds is 4. The fourth-order valence-corrected chi connectivity index (χ4v) is 2.69. The highest BCUT2D eigenvalue weighted by molar-refractivity contribution is 6.35. The lowest BCUT2D eigenvalue weighted by molar-refractivity contribution is 0.0594. The Bertz CT molecular complexity index is 1030. The van der Waals surface area contributed by atoms with Crippen molar-refractivity contribution in [2.45, 2.75) is 0 Å². The number of carbonyl (C=O) groups is 1. The fraction of sp³-hybridized carbons (Fsp3) is 0.118. The second-order valence-electron chi connectivity index (χ2n) is 5.12. The van der Waals surface area contributed by atoms with Crippen LogP contribution in [0.5, 0.6) is 0 Å². The molecule has 0 aliphatic carbocycles. The van der Waals surface area contributed by atoms with E-state index in [2.05, 4.69) is 24.4 Å². The van der Waals surface area contributed by atoms with Crippen LogP contribution in [0.2, 0.25) is 5.02 Å².